The number of allylic oxidation sites excluding steroid dienone is 1. The number of hydrogen-bond donors (Lipinski definition) is 0. The summed E-state index contributed by atoms with van der Waals surface area (Å²) in [5, 5.41) is 20.1. The van der Waals surface area contributed by atoms with E-state index >= 15 is 0 Å². The summed E-state index contributed by atoms with van der Waals surface area (Å²) in [6, 6.07) is 15.3. The van der Waals surface area contributed by atoms with Crippen LogP contribution in [-0.4, -0.2) is 12.0 Å². The largest absolute Gasteiger partial charge is 0.497 e. The Morgan fingerprint density at radius 3 is 2.71 bits per heavy atom. The second kappa shape index (κ2) is 6.35. The van der Waals surface area contributed by atoms with Gasteiger partial charge in [0, 0.05) is 12.1 Å². The molecule has 0 aliphatic carbocycles. The molecule has 2 aromatic carbocycles. The Labute approximate surface area is 121 Å². The molecule has 0 unspecified atom stereocenters. The number of rotatable bonds is 4. The van der Waals surface area contributed by atoms with Gasteiger partial charge in [-0.2, -0.15) is 5.26 Å². The van der Waals surface area contributed by atoms with Crippen LogP contribution in [0.2, 0.25) is 0 Å². The molecule has 2 rings (SSSR count). The average molecular weight is 280 g/mol. The first-order valence-electron chi connectivity index (χ1n) is 6.14. The zero-order valence-electron chi connectivity index (χ0n) is 11.3. The number of nitrogens with zero attached hydrogens (tertiary/aromatic N) is 2. The molecule has 0 aliphatic heterocycles. The van der Waals surface area contributed by atoms with Gasteiger partial charge in [-0.25, -0.2) is 0 Å². The fourth-order valence-electron chi connectivity index (χ4n) is 1.87. The lowest BCUT2D eigenvalue weighted by atomic mass is 10.0. The summed E-state index contributed by atoms with van der Waals surface area (Å²) in [5.41, 5.74) is 1.70. The van der Waals surface area contributed by atoms with Crippen LogP contribution in [0, 0.1) is 21.4 Å². The lowest BCUT2D eigenvalue weighted by molar-refractivity contribution is -0.384. The monoisotopic (exact) mass is 280 g/mol. The predicted octanol–water partition coefficient (Wildman–Crippen LogP) is 3.67. The molecular weight excluding hydrogens is 268 g/mol. The van der Waals surface area contributed by atoms with Crippen molar-refractivity contribution in [2.24, 2.45) is 0 Å². The molecule has 0 radical (unpaired) electrons. The fraction of sp³-hybridized carbons (Fsp3) is 0.0625. The van der Waals surface area contributed by atoms with Crippen molar-refractivity contribution in [3.8, 4) is 11.8 Å². The van der Waals surface area contributed by atoms with Crippen molar-refractivity contribution < 1.29 is 9.66 Å². The van der Waals surface area contributed by atoms with Crippen LogP contribution in [0.4, 0.5) is 5.69 Å². The van der Waals surface area contributed by atoms with Crippen molar-refractivity contribution in [1.82, 2.24) is 0 Å². The molecule has 0 spiro atoms. The normalized spacial score (nSPS) is 10.8. The highest BCUT2D eigenvalue weighted by Crippen LogP contribution is 2.23. The average Bonchev–Trinajstić information content (AvgIpc) is 2.53. The van der Waals surface area contributed by atoms with Gasteiger partial charge in [-0.3, -0.25) is 10.1 Å². The Morgan fingerprint density at radius 1 is 1.29 bits per heavy atom. The fourth-order valence-corrected chi connectivity index (χ4v) is 1.87. The van der Waals surface area contributed by atoms with Gasteiger partial charge in [-0.1, -0.05) is 24.3 Å². The van der Waals surface area contributed by atoms with Crippen LogP contribution in [0.5, 0.6) is 5.75 Å². The molecule has 0 heterocycles. The summed E-state index contributed by atoms with van der Waals surface area (Å²) in [6.45, 7) is 0. The number of methoxy groups -OCH3 is 1. The van der Waals surface area contributed by atoms with E-state index in [9.17, 15) is 15.4 Å². The van der Waals surface area contributed by atoms with Crippen LogP contribution in [0.1, 0.15) is 11.1 Å². The maximum Gasteiger partial charge on any atom is 0.270 e. The third-order valence-electron chi connectivity index (χ3n) is 2.89. The Balaban J connectivity index is 2.43. The van der Waals surface area contributed by atoms with Crippen molar-refractivity contribution in [2.75, 3.05) is 7.11 Å². The highest BCUT2D eigenvalue weighted by atomic mass is 16.6. The summed E-state index contributed by atoms with van der Waals surface area (Å²) in [4.78, 5) is 10.3. The Bertz CT molecular complexity index is 745. The smallest absolute Gasteiger partial charge is 0.270 e. The van der Waals surface area contributed by atoms with Gasteiger partial charge in [-0.15, -0.1) is 0 Å². The third kappa shape index (κ3) is 3.45. The van der Waals surface area contributed by atoms with Gasteiger partial charge in [0.25, 0.3) is 5.69 Å². The van der Waals surface area contributed by atoms with Crippen molar-refractivity contribution in [3.05, 3.63) is 69.8 Å². The number of nitro groups is 1. The molecule has 0 amide bonds. The molecular formula is C16H12N2O3. The van der Waals surface area contributed by atoms with Gasteiger partial charge in [0.2, 0.25) is 0 Å². The summed E-state index contributed by atoms with van der Waals surface area (Å²) < 4.78 is 5.12. The Kier molecular flexibility index (Phi) is 4.32. The number of ether oxygens (including phenoxy) is 1. The molecule has 0 saturated heterocycles. The highest BCUT2D eigenvalue weighted by Gasteiger charge is 2.07. The minimum absolute atomic E-state index is 0.00770. The summed E-state index contributed by atoms with van der Waals surface area (Å²) in [7, 11) is 1.55. The number of benzene rings is 2. The van der Waals surface area contributed by atoms with E-state index in [2.05, 4.69) is 6.07 Å². The summed E-state index contributed by atoms with van der Waals surface area (Å²) in [5.74, 6) is 0.646. The topological polar surface area (TPSA) is 76.2 Å². The van der Waals surface area contributed by atoms with E-state index in [0.717, 1.165) is 0 Å². The van der Waals surface area contributed by atoms with Gasteiger partial charge in [-0.05, 0) is 29.3 Å². The van der Waals surface area contributed by atoms with E-state index in [1.165, 1.54) is 12.1 Å². The van der Waals surface area contributed by atoms with Crippen LogP contribution in [0.15, 0.2) is 48.5 Å². The molecule has 0 fully saturated rings. The van der Waals surface area contributed by atoms with E-state index in [1.807, 2.05) is 0 Å². The molecule has 0 bridgehead atoms. The van der Waals surface area contributed by atoms with Gasteiger partial charge in [0.05, 0.1) is 23.7 Å². The van der Waals surface area contributed by atoms with Crippen LogP contribution in [0.3, 0.4) is 0 Å². The van der Waals surface area contributed by atoms with Crippen LogP contribution >= 0.6 is 0 Å². The Hall–Kier alpha value is -3.13. The van der Waals surface area contributed by atoms with E-state index < -0.39 is 4.92 Å². The SMILES string of the molecule is COc1cccc(C(C#N)=Cc2cccc([N+](=O)[O-])c2)c1. The predicted molar refractivity (Wildman–Crippen MR) is 79.6 cm³/mol. The second-order valence-electron chi connectivity index (χ2n) is 4.25. The molecule has 2 aromatic rings. The van der Waals surface area contributed by atoms with E-state index in [4.69, 9.17) is 4.74 Å². The molecule has 104 valence electrons. The minimum Gasteiger partial charge on any atom is -0.497 e. The third-order valence-corrected chi connectivity index (χ3v) is 2.89. The number of nitro benzene ring substituents is 1. The quantitative estimate of drug-likeness (QED) is 0.370. The van der Waals surface area contributed by atoms with E-state index in [1.54, 1.807) is 49.6 Å². The Morgan fingerprint density at radius 2 is 2.05 bits per heavy atom. The second-order valence-corrected chi connectivity index (χ2v) is 4.25. The van der Waals surface area contributed by atoms with Crippen molar-refractivity contribution in [1.29, 1.82) is 5.26 Å². The zero-order valence-corrected chi connectivity index (χ0v) is 11.3. The van der Waals surface area contributed by atoms with Gasteiger partial charge >= 0.3 is 0 Å². The number of nitriles is 1. The van der Waals surface area contributed by atoms with Gasteiger partial charge in [0.1, 0.15) is 5.75 Å². The lowest BCUT2D eigenvalue weighted by Crippen LogP contribution is -1.89. The van der Waals surface area contributed by atoms with E-state index in [-0.39, 0.29) is 5.69 Å². The van der Waals surface area contributed by atoms with Crippen molar-refractivity contribution in [3.63, 3.8) is 0 Å². The minimum atomic E-state index is -0.463. The molecule has 21 heavy (non-hydrogen) atoms. The molecule has 0 N–H and O–H groups in total. The number of non-ortho nitro benzene ring substituents is 1. The molecule has 0 saturated carbocycles. The van der Waals surface area contributed by atoms with Gasteiger partial charge in [0.15, 0.2) is 0 Å². The molecule has 0 aromatic heterocycles. The zero-order chi connectivity index (χ0) is 15.2. The maximum atomic E-state index is 10.8. The summed E-state index contributed by atoms with van der Waals surface area (Å²) >= 11 is 0. The highest BCUT2D eigenvalue weighted by molar-refractivity contribution is 5.90. The van der Waals surface area contributed by atoms with E-state index in [0.29, 0.717) is 22.4 Å². The lowest BCUT2D eigenvalue weighted by Gasteiger charge is -2.03. The first kappa shape index (κ1) is 14.3. The summed E-state index contributed by atoms with van der Waals surface area (Å²) in [6.07, 6.45) is 1.61. The first-order chi connectivity index (χ1) is 10.1. The molecule has 0 atom stereocenters. The molecule has 0 aliphatic rings. The van der Waals surface area contributed by atoms with Crippen molar-refractivity contribution in [2.45, 2.75) is 0 Å². The molecule has 5 heteroatoms. The maximum absolute atomic E-state index is 10.8. The number of hydrogen-bond acceptors (Lipinski definition) is 4. The van der Waals surface area contributed by atoms with Crippen LogP contribution in [0.25, 0.3) is 11.6 Å². The standard InChI is InChI=1S/C16H12N2O3/c1-21-16-7-3-5-13(10-16)14(11-17)8-12-4-2-6-15(9-12)18(19)20/h2-10H,1H3. The van der Waals surface area contributed by atoms with Crippen molar-refractivity contribution >= 4 is 17.3 Å². The van der Waals surface area contributed by atoms with Crippen LogP contribution < -0.4 is 4.74 Å². The first-order valence-corrected chi connectivity index (χ1v) is 6.14. The molecule has 5 nitrogen and oxygen atoms in total. The van der Waals surface area contributed by atoms with Gasteiger partial charge < -0.3 is 4.74 Å². The van der Waals surface area contributed by atoms with Crippen LogP contribution in [-0.2, 0) is 0 Å².